The Labute approximate surface area is 168 Å². The number of nitrogens with one attached hydrogen (secondary N) is 2. The van der Waals surface area contributed by atoms with E-state index in [0.29, 0.717) is 49.6 Å². The minimum absolute atomic E-state index is 0.0712. The summed E-state index contributed by atoms with van der Waals surface area (Å²) in [7, 11) is 1.66. The number of guanidine groups is 1. The quantitative estimate of drug-likeness (QED) is 0.537. The first-order valence-electron chi connectivity index (χ1n) is 9.61. The summed E-state index contributed by atoms with van der Waals surface area (Å²) in [6.45, 7) is 5.90. The van der Waals surface area contributed by atoms with Crippen LogP contribution in [0.3, 0.4) is 0 Å². The minimum atomic E-state index is -0.579. The van der Waals surface area contributed by atoms with E-state index in [9.17, 15) is 8.78 Å². The molecule has 8 nitrogen and oxygen atoms in total. The van der Waals surface area contributed by atoms with Crippen LogP contribution in [0.2, 0.25) is 0 Å². The maximum atomic E-state index is 14.0. The molecule has 0 spiro atoms. The molecule has 1 aliphatic rings. The molecule has 1 aromatic carbocycles. The molecule has 0 amide bonds. The van der Waals surface area contributed by atoms with Crippen LogP contribution in [-0.4, -0.2) is 48.9 Å². The van der Waals surface area contributed by atoms with Crippen LogP contribution in [0.15, 0.2) is 27.7 Å². The number of aromatic nitrogens is 2. The van der Waals surface area contributed by atoms with Gasteiger partial charge < -0.3 is 24.8 Å². The van der Waals surface area contributed by atoms with E-state index in [1.165, 1.54) is 12.1 Å². The zero-order valence-electron chi connectivity index (χ0n) is 16.8. The fraction of sp³-hybridized carbons (Fsp3) is 0.526. The highest BCUT2D eigenvalue weighted by Crippen LogP contribution is 2.24. The Balaban J connectivity index is 1.51. The lowest BCUT2D eigenvalue weighted by molar-refractivity contribution is 0.0683. The minimum Gasteiger partial charge on any atom is -0.371 e. The molecule has 0 aliphatic carbocycles. The lowest BCUT2D eigenvalue weighted by Crippen LogP contribution is -2.44. The Morgan fingerprint density at radius 2 is 2.28 bits per heavy atom. The van der Waals surface area contributed by atoms with E-state index in [2.05, 4.69) is 25.8 Å². The van der Waals surface area contributed by atoms with Crippen molar-refractivity contribution < 1.29 is 18.0 Å². The maximum absolute atomic E-state index is 14.0. The van der Waals surface area contributed by atoms with Crippen LogP contribution in [0.5, 0.6) is 0 Å². The summed E-state index contributed by atoms with van der Waals surface area (Å²) in [6, 6.07) is 3.71. The van der Waals surface area contributed by atoms with E-state index in [1.54, 1.807) is 7.05 Å². The van der Waals surface area contributed by atoms with Gasteiger partial charge in [0.05, 0.1) is 12.2 Å². The third kappa shape index (κ3) is 5.41. The van der Waals surface area contributed by atoms with E-state index in [0.717, 1.165) is 12.5 Å². The van der Waals surface area contributed by atoms with Crippen molar-refractivity contribution in [3.8, 4) is 0 Å². The number of nitrogens with zero attached hydrogens (tertiary/aromatic N) is 4. The highest BCUT2D eigenvalue weighted by atomic mass is 19.1. The van der Waals surface area contributed by atoms with Crippen molar-refractivity contribution >= 4 is 11.6 Å². The first-order chi connectivity index (χ1) is 14.0. The van der Waals surface area contributed by atoms with Crippen molar-refractivity contribution in [1.29, 1.82) is 0 Å². The molecule has 2 aromatic rings. The number of ether oxygens (including phenoxy) is 1. The monoisotopic (exact) mass is 408 g/mol. The standard InChI is InChI=1S/C19H26F2N6O2/c1-4-28-12(2)18-25-17(29-26-18)10-23-19(22-3)24-14-7-8-27(11-14)16-6-5-13(20)9-15(16)21/h5-6,9,12,14H,4,7-8,10-11H2,1-3H3,(H2,22,23,24). The van der Waals surface area contributed by atoms with Gasteiger partial charge in [0.1, 0.15) is 17.7 Å². The lowest BCUT2D eigenvalue weighted by Gasteiger charge is -2.20. The first kappa shape index (κ1) is 21.0. The van der Waals surface area contributed by atoms with Crippen molar-refractivity contribution in [3.05, 3.63) is 41.5 Å². The molecule has 1 saturated heterocycles. The lowest BCUT2D eigenvalue weighted by atomic mass is 10.2. The van der Waals surface area contributed by atoms with Crippen molar-refractivity contribution in [2.45, 2.75) is 39.0 Å². The second-order valence-electron chi connectivity index (χ2n) is 6.74. The van der Waals surface area contributed by atoms with Crippen LogP contribution in [0.4, 0.5) is 14.5 Å². The Morgan fingerprint density at radius 3 is 3.00 bits per heavy atom. The SMILES string of the molecule is CCOC(C)c1noc(CNC(=NC)NC2CCN(c3ccc(F)cc3F)C2)n1. The zero-order chi connectivity index (χ0) is 20.8. The van der Waals surface area contributed by atoms with Gasteiger partial charge in [0.2, 0.25) is 5.89 Å². The van der Waals surface area contributed by atoms with Crippen LogP contribution in [-0.2, 0) is 11.3 Å². The van der Waals surface area contributed by atoms with Gasteiger partial charge in [-0.3, -0.25) is 4.99 Å². The molecule has 29 heavy (non-hydrogen) atoms. The number of hydrogen-bond acceptors (Lipinski definition) is 6. The fourth-order valence-electron chi connectivity index (χ4n) is 3.21. The van der Waals surface area contributed by atoms with Crippen LogP contribution in [0, 0.1) is 11.6 Å². The third-order valence-electron chi connectivity index (χ3n) is 4.67. The highest BCUT2D eigenvalue weighted by Gasteiger charge is 2.25. The van der Waals surface area contributed by atoms with E-state index >= 15 is 0 Å². The van der Waals surface area contributed by atoms with Gasteiger partial charge in [0.25, 0.3) is 0 Å². The van der Waals surface area contributed by atoms with Crippen LogP contribution in [0.25, 0.3) is 0 Å². The molecule has 3 rings (SSSR count). The Kier molecular flexibility index (Phi) is 6.97. The number of halogens is 2. The molecule has 1 aliphatic heterocycles. The van der Waals surface area contributed by atoms with Crippen molar-refractivity contribution in [1.82, 2.24) is 20.8 Å². The van der Waals surface area contributed by atoms with E-state index in [-0.39, 0.29) is 12.1 Å². The maximum Gasteiger partial charge on any atom is 0.246 e. The number of rotatable bonds is 7. The van der Waals surface area contributed by atoms with Crippen LogP contribution in [0.1, 0.15) is 38.1 Å². The summed E-state index contributed by atoms with van der Waals surface area (Å²) in [4.78, 5) is 10.4. The van der Waals surface area contributed by atoms with Gasteiger partial charge in [-0.25, -0.2) is 8.78 Å². The van der Waals surface area contributed by atoms with Gasteiger partial charge in [-0.1, -0.05) is 5.16 Å². The average Bonchev–Trinajstić information content (AvgIpc) is 3.35. The predicted octanol–water partition coefficient (Wildman–Crippen LogP) is 2.39. The topological polar surface area (TPSA) is 87.8 Å². The van der Waals surface area contributed by atoms with Crippen molar-refractivity contribution in [3.63, 3.8) is 0 Å². The molecule has 1 aromatic heterocycles. The highest BCUT2D eigenvalue weighted by molar-refractivity contribution is 5.80. The summed E-state index contributed by atoms with van der Waals surface area (Å²) >= 11 is 0. The summed E-state index contributed by atoms with van der Waals surface area (Å²) < 4.78 is 37.8. The number of anilines is 1. The second-order valence-corrected chi connectivity index (χ2v) is 6.74. The third-order valence-corrected chi connectivity index (χ3v) is 4.67. The summed E-state index contributed by atoms with van der Waals surface area (Å²) in [5.41, 5.74) is 0.403. The normalized spacial score (nSPS) is 18.2. The van der Waals surface area contributed by atoms with Gasteiger partial charge in [-0.2, -0.15) is 4.98 Å². The van der Waals surface area contributed by atoms with E-state index < -0.39 is 11.6 Å². The van der Waals surface area contributed by atoms with Crippen LogP contribution >= 0.6 is 0 Å². The number of aliphatic imine (C=N–C) groups is 1. The van der Waals surface area contributed by atoms with Crippen molar-refractivity contribution in [2.24, 2.45) is 4.99 Å². The Hall–Kier alpha value is -2.75. The fourth-order valence-corrected chi connectivity index (χ4v) is 3.21. The molecule has 0 radical (unpaired) electrons. The molecule has 10 heteroatoms. The smallest absolute Gasteiger partial charge is 0.246 e. The van der Waals surface area contributed by atoms with Gasteiger partial charge in [0.15, 0.2) is 11.8 Å². The first-order valence-corrected chi connectivity index (χ1v) is 9.61. The van der Waals surface area contributed by atoms with Gasteiger partial charge >= 0.3 is 0 Å². The molecule has 2 unspecified atom stereocenters. The molecule has 1 fully saturated rings. The average molecular weight is 408 g/mol. The molecular weight excluding hydrogens is 382 g/mol. The molecule has 2 heterocycles. The van der Waals surface area contributed by atoms with Gasteiger partial charge in [-0.15, -0.1) is 0 Å². The summed E-state index contributed by atoms with van der Waals surface area (Å²) in [5, 5.41) is 10.4. The largest absolute Gasteiger partial charge is 0.371 e. The summed E-state index contributed by atoms with van der Waals surface area (Å²) in [6.07, 6.45) is 0.569. The van der Waals surface area contributed by atoms with Gasteiger partial charge in [0, 0.05) is 38.9 Å². The van der Waals surface area contributed by atoms with Crippen LogP contribution < -0.4 is 15.5 Å². The molecule has 0 saturated carbocycles. The molecule has 2 atom stereocenters. The van der Waals surface area contributed by atoms with E-state index in [1.807, 2.05) is 18.7 Å². The van der Waals surface area contributed by atoms with Gasteiger partial charge in [-0.05, 0) is 32.4 Å². The molecule has 158 valence electrons. The number of benzene rings is 1. The zero-order valence-corrected chi connectivity index (χ0v) is 16.8. The molecular formula is C19H26F2N6O2. The summed E-state index contributed by atoms with van der Waals surface area (Å²) in [5.74, 6) is 0.371. The Bertz CT molecular complexity index is 844. The number of hydrogen-bond donors (Lipinski definition) is 2. The molecule has 0 bridgehead atoms. The second kappa shape index (κ2) is 9.64. The van der Waals surface area contributed by atoms with Crippen molar-refractivity contribution in [2.75, 3.05) is 31.6 Å². The Morgan fingerprint density at radius 1 is 1.45 bits per heavy atom. The van der Waals surface area contributed by atoms with E-state index in [4.69, 9.17) is 9.26 Å². The predicted molar refractivity (Wildman–Crippen MR) is 105 cm³/mol. The molecule has 2 N–H and O–H groups in total.